The lowest BCUT2D eigenvalue weighted by Gasteiger charge is -2.29. The zero-order valence-corrected chi connectivity index (χ0v) is 11.8. The Balaban J connectivity index is 2.11. The molecule has 0 radical (unpaired) electrons. The van der Waals surface area contributed by atoms with E-state index in [0.717, 1.165) is 6.42 Å². The Morgan fingerprint density at radius 2 is 2.10 bits per heavy atom. The van der Waals surface area contributed by atoms with E-state index in [0.29, 0.717) is 12.0 Å². The number of Topliss-reactive ketones (excluding diaryl/α,β-unsaturated/α-hetero) is 1. The smallest absolute Gasteiger partial charge is 0.309 e. The molecular formula is C15H20O5. The molecule has 5 heteroatoms. The van der Waals surface area contributed by atoms with Gasteiger partial charge in [-0.1, -0.05) is 13.5 Å². The van der Waals surface area contributed by atoms with E-state index in [-0.39, 0.29) is 42.5 Å². The number of allylic oxidation sites excluding steroid dienone is 1. The fourth-order valence-corrected chi connectivity index (χ4v) is 3.39. The topological polar surface area (TPSA) is 80.7 Å². The maximum absolute atomic E-state index is 12.6. The molecule has 2 fully saturated rings. The van der Waals surface area contributed by atoms with Gasteiger partial charge in [0.25, 0.3) is 0 Å². The van der Waals surface area contributed by atoms with Gasteiger partial charge in [-0.15, -0.1) is 0 Å². The molecule has 1 heterocycles. The fourth-order valence-electron chi connectivity index (χ4n) is 3.39. The summed E-state index contributed by atoms with van der Waals surface area (Å²) in [6.45, 7) is 7.35. The highest BCUT2D eigenvalue weighted by molar-refractivity contribution is 6.00. The number of hydrogen-bond donors (Lipinski definition) is 1. The van der Waals surface area contributed by atoms with Gasteiger partial charge in [-0.2, -0.15) is 0 Å². The van der Waals surface area contributed by atoms with E-state index in [2.05, 4.69) is 6.58 Å². The van der Waals surface area contributed by atoms with Crippen molar-refractivity contribution in [2.75, 3.05) is 0 Å². The summed E-state index contributed by atoms with van der Waals surface area (Å²) in [4.78, 5) is 34.8. The van der Waals surface area contributed by atoms with Gasteiger partial charge in [-0.3, -0.25) is 14.4 Å². The molecule has 1 saturated heterocycles. The molecule has 20 heavy (non-hydrogen) atoms. The molecule has 0 aromatic heterocycles. The van der Waals surface area contributed by atoms with Crippen molar-refractivity contribution in [1.82, 2.24) is 0 Å². The molecule has 0 aromatic rings. The second kappa shape index (κ2) is 5.04. The molecule has 1 N–H and O–H groups in total. The van der Waals surface area contributed by atoms with Gasteiger partial charge in [0.05, 0.1) is 11.3 Å². The molecule has 0 spiro atoms. The number of fused-ring (bicyclic) bond motifs is 1. The summed E-state index contributed by atoms with van der Waals surface area (Å²) in [6.07, 6.45) is 1.09. The molecule has 5 nitrogen and oxygen atoms in total. The normalized spacial score (nSPS) is 35.5. The SMILES string of the molecule is C=C(CCC(=O)O)C(=O)[C@]1(C)CC[C@H]2[C@@H](C)C(=O)O[C@@H]21. The lowest BCUT2D eigenvalue weighted by Crippen LogP contribution is -2.38. The van der Waals surface area contributed by atoms with Crippen LogP contribution in [0.5, 0.6) is 0 Å². The zero-order valence-electron chi connectivity index (χ0n) is 11.8. The summed E-state index contributed by atoms with van der Waals surface area (Å²) < 4.78 is 5.39. The first kappa shape index (κ1) is 14.8. The summed E-state index contributed by atoms with van der Waals surface area (Å²) in [5.74, 6) is -1.43. The van der Waals surface area contributed by atoms with E-state index < -0.39 is 11.4 Å². The molecule has 1 aliphatic heterocycles. The number of aliphatic carboxylic acids is 1. The fraction of sp³-hybridized carbons (Fsp3) is 0.667. The lowest BCUT2D eigenvalue weighted by atomic mass is 9.76. The molecule has 1 saturated carbocycles. The van der Waals surface area contributed by atoms with Crippen LogP contribution in [0.3, 0.4) is 0 Å². The van der Waals surface area contributed by atoms with Gasteiger partial charge < -0.3 is 9.84 Å². The van der Waals surface area contributed by atoms with Crippen LogP contribution in [0.2, 0.25) is 0 Å². The molecular weight excluding hydrogens is 260 g/mol. The summed E-state index contributed by atoms with van der Waals surface area (Å²) in [5.41, 5.74) is -0.438. The Morgan fingerprint density at radius 1 is 1.45 bits per heavy atom. The van der Waals surface area contributed by atoms with Gasteiger partial charge in [-0.25, -0.2) is 0 Å². The first-order chi connectivity index (χ1) is 9.27. The second-order valence-electron chi connectivity index (χ2n) is 6.09. The van der Waals surface area contributed by atoms with E-state index in [1.165, 1.54) is 0 Å². The number of rotatable bonds is 5. The first-order valence-electron chi connectivity index (χ1n) is 6.92. The Hall–Kier alpha value is -1.65. The van der Waals surface area contributed by atoms with Crippen molar-refractivity contribution in [1.29, 1.82) is 0 Å². The maximum Gasteiger partial charge on any atom is 0.309 e. The van der Waals surface area contributed by atoms with Crippen LogP contribution in [-0.2, 0) is 19.1 Å². The van der Waals surface area contributed by atoms with Gasteiger partial charge in [-0.05, 0) is 31.8 Å². The Morgan fingerprint density at radius 3 is 2.70 bits per heavy atom. The molecule has 0 aromatic carbocycles. The summed E-state index contributed by atoms with van der Waals surface area (Å²) in [6, 6.07) is 0. The third-order valence-corrected chi connectivity index (χ3v) is 4.75. The molecule has 0 unspecified atom stereocenters. The highest BCUT2D eigenvalue weighted by atomic mass is 16.6. The van der Waals surface area contributed by atoms with Crippen molar-refractivity contribution in [3.05, 3.63) is 12.2 Å². The molecule has 0 amide bonds. The predicted octanol–water partition coefficient (Wildman–Crippen LogP) is 1.95. The molecule has 0 bridgehead atoms. The van der Waals surface area contributed by atoms with E-state index in [9.17, 15) is 14.4 Å². The molecule has 4 atom stereocenters. The number of carbonyl (C=O) groups is 3. The standard InChI is InChI=1S/C15H20O5/c1-8(4-5-11(16)17)12(18)15(3)7-6-10-9(2)14(19)20-13(10)15/h9-10,13H,1,4-7H2,2-3H3,(H,16,17)/t9-,10+,13+,15+/m1/s1. The predicted molar refractivity (Wildman–Crippen MR) is 70.9 cm³/mol. The van der Waals surface area contributed by atoms with Crippen LogP contribution in [0.15, 0.2) is 12.2 Å². The van der Waals surface area contributed by atoms with Crippen molar-refractivity contribution in [2.24, 2.45) is 17.3 Å². The second-order valence-corrected chi connectivity index (χ2v) is 6.09. The van der Waals surface area contributed by atoms with Crippen molar-refractivity contribution in [3.63, 3.8) is 0 Å². The number of ketones is 1. The third-order valence-electron chi connectivity index (χ3n) is 4.75. The van der Waals surface area contributed by atoms with Gasteiger partial charge in [0.15, 0.2) is 5.78 Å². The van der Waals surface area contributed by atoms with Gasteiger partial charge >= 0.3 is 11.9 Å². The molecule has 2 aliphatic rings. The van der Waals surface area contributed by atoms with Crippen LogP contribution in [0.4, 0.5) is 0 Å². The van der Waals surface area contributed by atoms with Crippen molar-refractivity contribution < 1.29 is 24.2 Å². The van der Waals surface area contributed by atoms with E-state index in [1.807, 2.05) is 6.92 Å². The van der Waals surface area contributed by atoms with Gasteiger partial charge in [0, 0.05) is 12.3 Å². The molecule has 2 rings (SSSR count). The van der Waals surface area contributed by atoms with Crippen LogP contribution < -0.4 is 0 Å². The highest BCUT2D eigenvalue weighted by Crippen LogP contribution is 2.52. The average Bonchev–Trinajstić information content (AvgIpc) is 2.86. The van der Waals surface area contributed by atoms with Gasteiger partial charge in [0.1, 0.15) is 6.10 Å². The summed E-state index contributed by atoms with van der Waals surface area (Å²) in [5, 5.41) is 8.67. The number of esters is 1. The van der Waals surface area contributed by atoms with E-state index in [4.69, 9.17) is 9.84 Å². The Bertz CT molecular complexity index is 481. The summed E-state index contributed by atoms with van der Waals surface area (Å²) >= 11 is 0. The van der Waals surface area contributed by atoms with Gasteiger partial charge in [0.2, 0.25) is 0 Å². The number of carboxylic acids is 1. The van der Waals surface area contributed by atoms with Crippen molar-refractivity contribution in [3.8, 4) is 0 Å². The zero-order chi connectivity index (χ0) is 15.1. The van der Waals surface area contributed by atoms with Crippen LogP contribution in [0.25, 0.3) is 0 Å². The van der Waals surface area contributed by atoms with Crippen LogP contribution in [-0.4, -0.2) is 28.9 Å². The lowest BCUT2D eigenvalue weighted by molar-refractivity contribution is -0.150. The van der Waals surface area contributed by atoms with Crippen molar-refractivity contribution in [2.45, 2.75) is 45.6 Å². The monoisotopic (exact) mass is 280 g/mol. The summed E-state index contributed by atoms with van der Waals surface area (Å²) in [7, 11) is 0. The van der Waals surface area contributed by atoms with Crippen LogP contribution >= 0.6 is 0 Å². The van der Waals surface area contributed by atoms with E-state index >= 15 is 0 Å². The average molecular weight is 280 g/mol. The minimum atomic E-state index is -0.950. The van der Waals surface area contributed by atoms with Crippen molar-refractivity contribution >= 4 is 17.7 Å². The first-order valence-corrected chi connectivity index (χ1v) is 6.92. The number of hydrogen-bond acceptors (Lipinski definition) is 4. The minimum Gasteiger partial charge on any atom is -0.481 e. The van der Waals surface area contributed by atoms with Crippen LogP contribution in [0, 0.1) is 17.3 Å². The third kappa shape index (κ3) is 2.25. The number of ether oxygens (including phenoxy) is 1. The van der Waals surface area contributed by atoms with E-state index in [1.54, 1.807) is 6.92 Å². The molecule has 110 valence electrons. The van der Waals surface area contributed by atoms with Crippen LogP contribution in [0.1, 0.15) is 39.5 Å². The number of carbonyl (C=O) groups excluding carboxylic acids is 2. The Kier molecular flexibility index (Phi) is 3.71. The largest absolute Gasteiger partial charge is 0.481 e. The Labute approximate surface area is 118 Å². The highest BCUT2D eigenvalue weighted by Gasteiger charge is 2.58. The molecule has 1 aliphatic carbocycles. The quantitative estimate of drug-likeness (QED) is 0.615. The minimum absolute atomic E-state index is 0.0868. The maximum atomic E-state index is 12.6. The number of carboxylic acid groups (broad SMARTS) is 1.